The molecule has 0 saturated heterocycles. The maximum Gasteiger partial charge on any atom is 0.172 e. The van der Waals surface area contributed by atoms with Crippen LogP contribution < -0.4 is 5.32 Å². The summed E-state index contributed by atoms with van der Waals surface area (Å²) in [6.45, 7) is 11.0. The van der Waals surface area contributed by atoms with E-state index in [4.69, 9.17) is 9.47 Å². The molecule has 1 N–H and O–H groups in total. The van der Waals surface area contributed by atoms with Gasteiger partial charge in [0.15, 0.2) is 6.29 Å². The van der Waals surface area contributed by atoms with Gasteiger partial charge in [-0.15, -0.1) is 0 Å². The number of likely N-dealkylation sites (N-methyl/N-ethyl adjacent to an activating group) is 1. The maximum atomic E-state index is 5.86. The van der Waals surface area contributed by atoms with Crippen LogP contribution in [-0.4, -0.2) is 32.1 Å². The number of hydrogen-bond acceptors (Lipinski definition) is 3. The molecule has 0 aromatic carbocycles. The van der Waals surface area contributed by atoms with Crippen molar-refractivity contribution in [3.63, 3.8) is 0 Å². The Morgan fingerprint density at radius 3 is 2.16 bits per heavy atom. The van der Waals surface area contributed by atoms with Crippen molar-refractivity contribution < 1.29 is 9.47 Å². The molecule has 19 heavy (non-hydrogen) atoms. The quantitative estimate of drug-likeness (QED) is 0.650. The Morgan fingerprint density at radius 1 is 1.00 bits per heavy atom. The van der Waals surface area contributed by atoms with E-state index in [1.807, 2.05) is 13.8 Å². The Labute approximate surface area is 119 Å². The van der Waals surface area contributed by atoms with Crippen molar-refractivity contribution in [1.82, 2.24) is 5.32 Å². The lowest BCUT2D eigenvalue weighted by molar-refractivity contribution is -0.167. The Morgan fingerprint density at radius 2 is 1.63 bits per heavy atom. The van der Waals surface area contributed by atoms with E-state index in [-0.39, 0.29) is 6.29 Å². The van der Waals surface area contributed by atoms with Gasteiger partial charge in [0.25, 0.3) is 0 Å². The molecule has 0 bridgehead atoms. The first-order valence-electron chi connectivity index (χ1n) is 8.24. The minimum atomic E-state index is -0.0906. The van der Waals surface area contributed by atoms with Crippen LogP contribution in [0, 0.1) is 11.8 Å². The minimum absolute atomic E-state index is 0.0906. The molecule has 3 nitrogen and oxygen atoms in total. The van der Waals surface area contributed by atoms with E-state index in [0.29, 0.717) is 12.0 Å². The van der Waals surface area contributed by atoms with Crippen LogP contribution in [-0.2, 0) is 9.47 Å². The number of ether oxygens (including phenoxy) is 2. The molecular weight excluding hydrogens is 238 g/mol. The zero-order valence-electron chi connectivity index (χ0n) is 13.3. The fraction of sp³-hybridized carbons (Fsp3) is 1.00. The van der Waals surface area contributed by atoms with Crippen LogP contribution in [0.2, 0.25) is 0 Å². The minimum Gasteiger partial charge on any atom is -0.351 e. The van der Waals surface area contributed by atoms with E-state index >= 15 is 0 Å². The molecule has 3 heteroatoms. The molecule has 1 saturated carbocycles. The van der Waals surface area contributed by atoms with Gasteiger partial charge in [0.1, 0.15) is 0 Å². The number of rotatable bonds is 9. The molecule has 0 aromatic rings. The smallest absolute Gasteiger partial charge is 0.172 e. The monoisotopic (exact) mass is 271 g/mol. The summed E-state index contributed by atoms with van der Waals surface area (Å²) >= 11 is 0. The third-order valence-electron chi connectivity index (χ3n) is 4.35. The molecule has 114 valence electrons. The third kappa shape index (κ3) is 5.05. The molecule has 1 fully saturated rings. The van der Waals surface area contributed by atoms with Gasteiger partial charge in [0, 0.05) is 13.2 Å². The van der Waals surface area contributed by atoms with Gasteiger partial charge in [-0.3, -0.25) is 0 Å². The van der Waals surface area contributed by atoms with Crippen LogP contribution in [0.3, 0.4) is 0 Å². The zero-order valence-corrected chi connectivity index (χ0v) is 13.3. The van der Waals surface area contributed by atoms with Gasteiger partial charge in [-0.25, -0.2) is 0 Å². The Hall–Kier alpha value is -0.120. The van der Waals surface area contributed by atoms with Crippen molar-refractivity contribution in [3.8, 4) is 0 Å². The van der Waals surface area contributed by atoms with Crippen molar-refractivity contribution in [2.24, 2.45) is 11.8 Å². The number of nitrogens with one attached hydrogen (secondary N) is 1. The summed E-state index contributed by atoms with van der Waals surface area (Å²) in [6.07, 6.45) is 6.61. The van der Waals surface area contributed by atoms with Crippen LogP contribution in [0.15, 0.2) is 0 Å². The van der Waals surface area contributed by atoms with Gasteiger partial charge in [-0.05, 0) is 38.6 Å². The van der Waals surface area contributed by atoms with Crippen LogP contribution in [0.5, 0.6) is 0 Å². The summed E-state index contributed by atoms with van der Waals surface area (Å²) in [5, 5.41) is 3.64. The first-order valence-corrected chi connectivity index (χ1v) is 8.24. The van der Waals surface area contributed by atoms with E-state index < -0.39 is 0 Å². The Bertz CT molecular complexity index is 217. The van der Waals surface area contributed by atoms with Gasteiger partial charge in [-0.2, -0.15) is 0 Å². The summed E-state index contributed by atoms with van der Waals surface area (Å²) < 4.78 is 11.7. The summed E-state index contributed by atoms with van der Waals surface area (Å²) in [6, 6.07) is 0.343. The summed E-state index contributed by atoms with van der Waals surface area (Å²) in [4.78, 5) is 0. The summed E-state index contributed by atoms with van der Waals surface area (Å²) in [5.74, 6) is 1.52. The summed E-state index contributed by atoms with van der Waals surface area (Å²) in [7, 11) is 0. The second kappa shape index (κ2) is 9.73. The van der Waals surface area contributed by atoms with Crippen LogP contribution >= 0.6 is 0 Å². The highest BCUT2D eigenvalue weighted by molar-refractivity contribution is 4.86. The average Bonchev–Trinajstić information content (AvgIpc) is 2.44. The van der Waals surface area contributed by atoms with E-state index in [1.54, 1.807) is 0 Å². The van der Waals surface area contributed by atoms with E-state index in [9.17, 15) is 0 Å². The molecule has 0 heterocycles. The van der Waals surface area contributed by atoms with Crippen molar-refractivity contribution in [2.75, 3.05) is 19.8 Å². The molecule has 1 aliphatic rings. The molecular formula is C16H33NO2. The fourth-order valence-electron chi connectivity index (χ4n) is 3.49. The predicted molar refractivity (Wildman–Crippen MR) is 80.2 cm³/mol. The van der Waals surface area contributed by atoms with Crippen molar-refractivity contribution in [2.45, 2.75) is 72.1 Å². The number of hydrogen-bond donors (Lipinski definition) is 1. The van der Waals surface area contributed by atoms with Gasteiger partial charge in [0.05, 0.1) is 6.04 Å². The molecule has 3 unspecified atom stereocenters. The van der Waals surface area contributed by atoms with Crippen LogP contribution in [0.1, 0.15) is 59.8 Å². The Balaban J connectivity index is 2.76. The van der Waals surface area contributed by atoms with Crippen LogP contribution in [0.4, 0.5) is 0 Å². The van der Waals surface area contributed by atoms with Gasteiger partial charge >= 0.3 is 0 Å². The molecule has 1 rings (SSSR count). The highest BCUT2D eigenvalue weighted by Gasteiger charge is 2.35. The zero-order chi connectivity index (χ0) is 14.1. The lowest BCUT2D eigenvalue weighted by atomic mass is 9.73. The van der Waals surface area contributed by atoms with Crippen molar-refractivity contribution >= 4 is 0 Å². The molecule has 0 aromatic heterocycles. The predicted octanol–water partition coefficient (Wildman–Crippen LogP) is 3.58. The lowest BCUT2D eigenvalue weighted by Gasteiger charge is -2.40. The standard InChI is InChI=1S/C16H33NO2/c1-5-13-11-9-10-12-14(13)15(17-6-2)16(18-7-3)19-8-4/h13-17H,5-12H2,1-4H3. The second-order valence-electron chi connectivity index (χ2n) is 5.48. The van der Waals surface area contributed by atoms with E-state index in [2.05, 4.69) is 19.2 Å². The highest BCUT2D eigenvalue weighted by Crippen LogP contribution is 2.36. The molecule has 0 radical (unpaired) electrons. The second-order valence-corrected chi connectivity index (χ2v) is 5.48. The lowest BCUT2D eigenvalue weighted by Crippen LogP contribution is -2.50. The largest absolute Gasteiger partial charge is 0.351 e. The van der Waals surface area contributed by atoms with Crippen LogP contribution in [0.25, 0.3) is 0 Å². The van der Waals surface area contributed by atoms with E-state index in [0.717, 1.165) is 25.7 Å². The van der Waals surface area contributed by atoms with Crippen molar-refractivity contribution in [1.29, 1.82) is 0 Å². The third-order valence-corrected chi connectivity index (χ3v) is 4.35. The highest BCUT2D eigenvalue weighted by atomic mass is 16.7. The molecule has 3 atom stereocenters. The Kier molecular flexibility index (Phi) is 8.67. The summed E-state index contributed by atoms with van der Waals surface area (Å²) in [5.41, 5.74) is 0. The average molecular weight is 271 g/mol. The molecule has 0 spiro atoms. The van der Waals surface area contributed by atoms with Gasteiger partial charge in [0.2, 0.25) is 0 Å². The molecule has 1 aliphatic carbocycles. The normalized spacial score (nSPS) is 25.7. The SMILES string of the molecule is CCNC(C(OCC)OCC)C1CCCCC1CC. The maximum absolute atomic E-state index is 5.86. The molecule has 0 aliphatic heterocycles. The topological polar surface area (TPSA) is 30.5 Å². The molecule has 0 amide bonds. The van der Waals surface area contributed by atoms with Gasteiger partial charge < -0.3 is 14.8 Å². The van der Waals surface area contributed by atoms with E-state index in [1.165, 1.54) is 32.1 Å². The first-order chi connectivity index (χ1) is 9.28. The first kappa shape index (κ1) is 16.9. The van der Waals surface area contributed by atoms with Crippen molar-refractivity contribution in [3.05, 3.63) is 0 Å². The van der Waals surface area contributed by atoms with Gasteiger partial charge in [-0.1, -0.05) is 39.5 Å². The fourth-order valence-corrected chi connectivity index (χ4v) is 3.49.